The molecule has 8 N–H and O–H groups in total. The van der Waals surface area contributed by atoms with Crippen molar-refractivity contribution in [2.24, 2.45) is 21.7 Å². The Morgan fingerprint density at radius 2 is 0.652 bits per heavy atom. The van der Waals surface area contributed by atoms with Gasteiger partial charge in [-0.15, -0.1) is 10.5 Å². The van der Waals surface area contributed by atoms with Crippen LogP contribution in [0.15, 0.2) is 5.70 Å². The Labute approximate surface area is 408 Å². The Hall–Kier alpha value is -3.89. The molecule has 0 radical (unpaired) electrons. The average molecular weight is 971 g/mol. The first kappa shape index (κ1) is 66.4. The molecular weight excluding hydrogens is 881 g/mol. The molecule has 16 nitrogen and oxygen atoms in total. The molecule has 0 fully saturated rings. The van der Waals surface area contributed by atoms with E-state index < -0.39 is 56.8 Å². The van der Waals surface area contributed by atoms with E-state index in [1.54, 1.807) is 83.1 Å². The maximum atomic E-state index is 12.8. The van der Waals surface area contributed by atoms with Gasteiger partial charge in [0.2, 0.25) is 41.4 Å². The molecule has 0 aromatic heterocycles. The molecule has 0 saturated heterocycles. The molecule has 0 aliphatic rings. The van der Waals surface area contributed by atoms with Crippen LogP contribution in [-0.2, 0) is 51.0 Å². The largest absolute Gasteiger partial charge is 0.790 e. The van der Waals surface area contributed by atoms with Crippen LogP contribution in [0.2, 0.25) is 0 Å². The van der Waals surface area contributed by atoms with Crippen LogP contribution in [0.5, 0.6) is 0 Å². The molecule has 0 aromatic carbocycles. The molecule has 0 aliphatic carbocycles. The summed E-state index contributed by atoms with van der Waals surface area (Å²) in [5, 5.41) is 22.0. The standard InChI is InChI=1S/C24H46N4O4S.C12H24N2O2S.C12H20N2O2/c1-21(2,3)19(31)25-15(17(29)27-23(7,8)9)13-33-14-16(18(30)28-24(10,11)12)26-20(32)22(4,5)6;1-11(2,3)10(16)13-8(7-17)9(15)14-12(4,5)6;1-8(9(15)14-12(5,6)7)13-10(16)11(2,3)4/h15-16H,13-14H2,1-12H3,(H,25,31)(H,26,32)(H,27,29)(H,28,30);8,17H,7H2,1-6H3,(H,13,16)(H,14,15);1H,2-7H3,(H-,13,14,15,16). The molecule has 0 rings (SSSR count). The monoisotopic (exact) mass is 971 g/mol. The summed E-state index contributed by atoms with van der Waals surface area (Å²) < 4.78 is 0. The summed E-state index contributed by atoms with van der Waals surface area (Å²) in [6.45, 7) is 49.2. The molecule has 0 aliphatic heterocycles. The minimum absolute atomic E-state index is 0.170. The second-order valence-electron chi connectivity index (χ2n) is 24.6. The summed E-state index contributed by atoms with van der Waals surface area (Å²) in [4.78, 5) is 97.5. The number of carbonyl (C=O) groups excluding carboxylic acids is 8. The van der Waals surface area contributed by atoms with Gasteiger partial charge >= 0.3 is 11.6 Å². The van der Waals surface area contributed by atoms with Crippen molar-refractivity contribution < 1.29 is 38.4 Å². The van der Waals surface area contributed by atoms with E-state index in [0.717, 1.165) is 0 Å². The summed E-state index contributed by atoms with van der Waals surface area (Å²) in [6, 6.07) is -2.19. The number of hydrogen-bond donors (Lipinski definition) is 8. The molecule has 0 heterocycles. The topological polar surface area (TPSA) is 233 Å². The minimum Gasteiger partial charge on any atom is -0.790 e. The Kier molecular flexibility index (Phi) is 26.2. The number of amides is 8. The molecule has 0 bridgehead atoms. The summed E-state index contributed by atoms with van der Waals surface area (Å²) in [5.74, 6) is -1.52. The van der Waals surface area contributed by atoms with Crippen molar-refractivity contribution in [1.29, 1.82) is 0 Å². The lowest BCUT2D eigenvalue weighted by Crippen LogP contribution is -2.56. The lowest BCUT2D eigenvalue weighted by Gasteiger charge is -2.29. The van der Waals surface area contributed by atoms with Crippen LogP contribution in [0.25, 0.3) is 0 Å². The Balaban J connectivity index is -0.00000101. The Morgan fingerprint density at radius 3 is 0.879 bits per heavy atom. The van der Waals surface area contributed by atoms with E-state index in [-0.39, 0.29) is 75.4 Å². The molecule has 3 atom stereocenters. The van der Waals surface area contributed by atoms with Crippen LogP contribution in [0.3, 0.4) is 0 Å². The van der Waals surface area contributed by atoms with Gasteiger partial charge in [0.15, 0.2) is 0 Å². The minimum atomic E-state index is -0.773. The smallest absolute Gasteiger partial charge is 0.421 e. The van der Waals surface area contributed by atoms with Gasteiger partial charge in [0.05, 0.1) is 18.2 Å². The maximum Gasteiger partial charge on any atom is 0.421 e. The van der Waals surface area contributed by atoms with Crippen molar-refractivity contribution in [3.8, 4) is 0 Å². The normalized spacial score (nSPS) is 13.8. The predicted octanol–water partition coefficient (Wildman–Crippen LogP) is 4.97. The predicted molar refractivity (Wildman–Crippen MR) is 271 cm³/mol. The van der Waals surface area contributed by atoms with Gasteiger partial charge in [-0.2, -0.15) is 11.8 Å². The molecular formula is C48H90N8O8S2. The van der Waals surface area contributed by atoms with Gasteiger partial charge in [-0.25, -0.2) is 0 Å². The average Bonchev–Trinajstić information content (AvgIpc) is 3.05. The fourth-order valence-corrected chi connectivity index (χ4v) is 5.43. The fourth-order valence-electron chi connectivity index (χ4n) is 4.12. The van der Waals surface area contributed by atoms with Gasteiger partial charge in [-0.05, 0) is 83.1 Å². The lowest BCUT2D eigenvalue weighted by molar-refractivity contribution is -0.133. The maximum absolute atomic E-state index is 12.8. The van der Waals surface area contributed by atoms with Crippen LogP contribution in [-0.4, -0.2) is 105 Å². The first-order chi connectivity index (χ1) is 28.9. The van der Waals surface area contributed by atoms with Crippen molar-refractivity contribution in [2.75, 3.05) is 17.3 Å². The molecule has 0 aromatic rings. The highest BCUT2D eigenvalue weighted by atomic mass is 32.2. The van der Waals surface area contributed by atoms with E-state index in [0.29, 0.717) is 0 Å². The third-order valence-electron chi connectivity index (χ3n) is 7.80. The zero-order valence-corrected chi connectivity index (χ0v) is 46.6. The molecule has 0 spiro atoms. The van der Waals surface area contributed by atoms with Gasteiger partial charge in [0.1, 0.15) is 12.1 Å². The van der Waals surface area contributed by atoms with Crippen LogP contribution in [0.1, 0.15) is 166 Å². The lowest BCUT2D eigenvalue weighted by atomic mass is 9.95. The first-order valence-electron chi connectivity index (χ1n) is 22.2. The second kappa shape index (κ2) is 26.0. The van der Waals surface area contributed by atoms with Crippen LogP contribution in [0.4, 0.5) is 0 Å². The van der Waals surface area contributed by atoms with Crippen molar-refractivity contribution in [2.45, 2.75) is 206 Å². The molecule has 3 unspecified atom stereocenters. The van der Waals surface area contributed by atoms with E-state index in [9.17, 15) is 38.4 Å². The van der Waals surface area contributed by atoms with Crippen LogP contribution < -0.4 is 42.5 Å². The number of thioether (sulfide) groups is 1. The van der Waals surface area contributed by atoms with Gasteiger partial charge in [0, 0.05) is 49.8 Å². The van der Waals surface area contributed by atoms with E-state index >= 15 is 0 Å². The van der Waals surface area contributed by atoms with Crippen molar-refractivity contribution >= 4 is 71.6 Å². The zero-order valence-electron chi connectivity index (χ0n) is 45.0. The molecule has 18 heteroatoms. The zero-order chi connectivity index (χ0) is 53.4. The Bertz CT molecular complexity index is 1620. The SMILES string of the molecule is CC(C)(C)NC(=O)C(CSCC(NC(=O)C(C)(C)C)C(=O)NC(C)(C)C)NC(=O)C(C)(C)C.CC(C)(C)NC(=O)C(C[S-])NC(=O)C(C)(C)C.[CH+]=C(NC(=O)C(C)(C)C)C(=O)NC(C)(C)C. The number of rotatable bonds is 13. The van der Waals surface area contributed by atoms with Gasteiger partial charge in [-0.1, -0.05) is 83.1 Å². The van der Waals surface area contributed by atoms with E-state index in [4.69, 9.17) is 19.2 Å². The second-order valence-corrected chi connectivity index (χ2v) is 26.0. The van der Waals surface area contributed by atoms with Crippen LogP contribution in [0, 0.1) is 28.2 Å². The highest BCUT2D eigenvalue weighted by Crippen LogP contribution is 2.18. The summed E-state index contributed by atoms with van der Waals surface area (Å²) >= 11 is 6.24. The van der Waals surface area contributed by atoms with Crippen molar-refractivity contribution in [1.82, 2.24) is 42.5 Å². The van der Waals surface area contributed by atoms with E-state index in [2.05, 4.69) is 42.5 Å². The van der Waals surface area contributed by atoms with Gasteiger partial charge in [-0.3, -0.25) is 44.2 Å². The van der Waals surface area contributed by atoms with Crippen molar-refractivity contribution in [3.05, 3.63) is 12.3 Å². The fraction of sp³-hybridized carbons (Fsp3) is 0.792. The third kappa shape index (κ3) is 32.7. The molecule has 66 heavy (non-hydrogen) atoms. The van der Waals surface area contributed by atoms with Crippen LogP contribution >= 0.6 is 11.8 Å². The number of nitrogens with one attached hydrogen (secondary N) is 8. The molecule has 0 saturated carbocycles. The summed E-state index contributed by atoms with van der Waals surface area (Å²) in [7, 11) is 0. The highest BCUT2D eigenvalue weighted by Gasteiger charge is 2.34. The van der Waals surface area contributed by atoms with E-state index in [1.807, 2.05) is 83.1 Å². The molecule has 8 amide bonds. The first-order valence-corrected chi connectivity index (χ1v) is 24.0. The summed E-state index contributed by atoms with van der Waals surface area (Å²) in [6.07, 6.45) is 0. The summed E-state index contributed by atoms with van der Waals surface area (Å²) in [5.41, 5.74) is -4.20. The van der Waals surface area contributed by atoms with Gasteiger partial charge < -0.3 is 44.5 Å². The highest BCUT2D eigenvalue weighted by molar-refractivity contribution is 7.99. The Morgan fingerprint density at radius 1 is 0.409 bits per heavy atom. The van der Waals surface area contributed by atoms with Gasteiger partial charge in [0.25, 0.3) is 0 Å². The van der Waals surface area contributed by atoms with E-state index in [1.165, 1.54) is 11.8 Å². The number of carbonyl (C=O) groups is 8. The van der Waals surface area contributed by atoms with Crippen molar-refractivity contribution in [3.63, 3.8) is 0 Å². The molecule has 382 valence electrons. The number of hydrogen-bond acceptors (Lipinski definition) is 10. The quantitative estimate of drug-likeness (QED) is 0.0702. The third-order valence-corrected chi connectivity index (χ3v) is 9.27.